The molecule has 0 fully saturated rings. The molecule has 0 aromatic rings. The van der Waals surface area contributed by atoms with Crippen molar-refractivity contribution in [3.05, 3.63) is 0 Å². The molecule has 0 radical (unpaired) electrons. The van der Waals surface area contributed by atoms with Gasteiger partial charge in [-0.15, -0.1) is 0 Å². The third kappa shape index (κ3) is 1780. The molecule has 0 rings (SSSR count). The number of hydrogen-bond donors (Lipinski definition) is 9. The van der Waals surface area contributed by atoms with Crippen LogP contribution in [0.2, 0.25) is 0 Å². The Morgan fingerprint density at radius 1 is 0.438 bits per heavy atom. The van der Waals surface area contributed by atoms with Crippen molar-refractivity contribution < 1.29 is 87.3 Å². The third-order valence-electron chi connectivity index (χ3n) is 0. The van der Waals surface area contributed by atoms with Gasteiger partial charge in [0, 0.05) is 0 Å². The molecule has 12 nitrogen and oxygen atoms in total. The van der Waals surface area contributed by atoms with Crippen molar-refractivity contribution in [3.63, 3.8) is 0 Å². The Morgan fingerprint density at radius 2 is 0.438 bits per heavy atom. The van der Waals surface area contributed by atoms with Crippen LogP contribution in [0.5, 0.6) is 0 Å². The van der Waals surface area contributed by atoms with E-state index in [9.17, 15) is 0 Å². The molecule has 0 unspecified atom stereocenters. The van der Waals surface area contributed by atoms with E-state index in [0.717, 1.165) is 0 Å². The van der Waals surface area contributed by atoms with Gasteiger partial charge in [0.05, 0.1) is 0 Å². The molecule has 0 spiro atoms. The molecule has 96 valence electrons. The van der Waals surface area contributed by atoms with Crippen molar-refractivity contribution in [2.75, 3.05) is 0 Å². The Hall–Kier alpha value is 1.33. The predicted molar refractivity (Wildman–Crippen MR) is 42.8 cm³/mol. The second kappa shape index (κ2) is 10.3. The van der Waals surface area contributed by atoms with E-state index in [4.69, 9.17) is 57.7 Å². The van der Waals surface area contributed by atoms with Gasteiger partial charge in [0.1, 0.15) is 0 Å². The quantitative estimate of drug-likeness (QED) is 0.150. The van der Waals surface area contributed by atoms with Gasteiger partial charge in [-0.2, -0.15) is 0 Å². The Labute approximate surface area is 111 Å². The predicted octanol–water partition coefficient (Wildman–Crippen LogP) is -5.78. The molecule has 0 aliphatic heterocycles. The van der Waals surface area contributed by atoms with Gasteiger partial charge in [-0.1, -0.05) is 0 Å². The second-order valence-corrected chi connectivity index (χ2v) is 4.62. The largest absolute Gasteiger partial charge is 1.00 e. The molecule has 9 N–H and O–H groups in total. The van der Waals surface area contributed by atoms with Gasteiger partial charge >= 0.3 is 53.0 Å². The molecule has 0 aliphatic rings. The van der Waals surface area contributed by atoms with Gasteiger partial charge in [-0.3, -0.25) is 0 Å². The van der Waals surface area contributed by atoms with Crippen LogP contribution in [-0.4, -0.2) is 44.0 Å². The van der Waals surface area contributed by atoms with Gasteiger partial charge in [-0.05, 0) is 0 Å². The minimum atomic E-state index is -4.64. The normalized spacial score (nSPS) is 11.1. The number of hydrogen-bond acceptors (Lipinski definition) is 3. The summed E-state index contributed by atoms with van der Waals surface area (Å²) < 4.78 is 26.6. The second-order valence-electron chi connectivity index (χ2n) is 1.54. The molecule has 0 bridgehead atoms. The van der Waals surface area contributed by atoms with Crippen molar-refractivity contribution in [2.45, 2.75) is 0 Å². The average molecular weight is 317 g/mol. The van der Waals surface area contributed by atoms with Gasteiger partial charge in [0.15, 0.2) is 0 Å². The molecule has 0 amide bonds. The number of phosphoric acid groups is 3. The fraction of sp³-hybridized carbons (Fsp3) is 0. The zero-order valence-corrected chi connectivity index (χ0v) is 12.3. The van der Waals surface area contributed by atoms with Crippen LogP contribution >= 0.6 is 23.5 Å². The molecular weight excluding hydrogens is 308 g/mol. The molecule has 0 heterocycles. The van der Waals surface area contributed by atoms with Crippen LogP contribution in [0, 0.1) is 0 Å². The van der Waals surface area contributed by atoms with Crippen molar-refractivity contribution in [2.24, 2.45) is 0 Å². The molecule has 0 aromatic carbocycles. The van der Waals surface area contributed by atoms with Crippen LogP contribution in [0.3, 0.4) is 0 Å². The van der Waals surface area contributed by atoms with Gasteiger partial charge in [-0.25, -0.2) is 13.7 Å². The van der Waals surface area contributed by atoms with Crippen LogP contribution in [0.15, 0.2) is 0 Å². The van der Waals surface area contributed by atoms with Crippen molar-refractivity contribution in [3.8, 4) is 0 Å². The molecule has 0 atom stereocenters. The number of rotatable bonds is 0. The minimum Gasteiger partial charge on any atom is -0.303 e. The first-order chi connectivity index (χ1) is 6.00. The van der Waals surface area contributed by atoms with E-state index in [0.29, 0.717) is 0 Å². The van der Waals surface area contributed by atoms with Crippen LogP contribution in [0.1, 0.15) is 0 Å². The van der Waals surface area contributed by atoms with E-state index in [1.54, 1.807) is 0 Å². The summed E-state index contributed by atoms with van der Waals surface area (Å²) in [5.41, 5.74) is 0. The SMILES string of the molecule is O=P(O)(O)O.O=P(O)(O)O.O=P(O)(O)O.[Na+]. The summed E-state index contributed by atoms with van der Waals surface area (Å²) in [6, 6.07) is 0. The summed E-state index contributed by atoms with van der Waals surface area (Å²) in [6.45, 7) is 0. The maximum Gasteiger partial charge on any atom is 1.00 e. The first-order valence-corrected chi connectivity index (χ1v) is 7.04. The standard InChI is InChI=1S/Na.3H3O4P/c;3*1-5(2,3)4/h;3*(H3,1,2,3,4)/q+1;;;. The summed E-state index contributed by atoms with van der Waals surface area (Å²) >= 11 is 0. The van der Waals surface area contributed by atoms with Crippen LogP contribution in [0.25, 0.3) is 0 Å². The van der Waals surface area contributed by atoms with Gasteiger partial charge in [0.2, 0.25) is 0 Å². The first kappa shape index (κ1) is 26.0. The van der Waals surface area contributed by atoms with E-state index in [1.807, 2.05) is 0 Å². The maximum atomic E-state index is 8.88. The zero-order valence-electron chi connectivity index (χ0n) is 7.59. The summed E-state index contributed by atoms with van der Waals surface area (Å²) in [5, 5.41) is 0. The summed E-state index contributed by atoms with van der Waals surface area (Å²) in [5.74, 6) is 0. The third-order valence-corrected chi connectivity index (χ3v) is 0. The maximum absolute atomic E-state index is 8.88. The summed E-state index contributed by atoms with van der Waals surface area (Å²) in [6.07, 6.45) is 0. The van der Waals surface area contributed by atoms with Gasteiger partial charge in [0.25, 0.3) is 0 Å². The molecule has 16 heavy (non-hydrogen) atoms. The van der Waals surface area contributed by atoms with E-state index in [2.05, 4.69) is 0 Å². The first-order valence-electron chi connectivity index (χ1n) is 2.35. The monoisotopic (exact) mass is 317 g/mol. The Balaban J connectivity index is -0.0000000655. The molecule has 16 heteroatoms. The van der Waals surface area contributed by atoms with Crippen LogP contribution < -0.4 is 29.6 Å². The van der Waals surface area contributed by atoms with Gasteiger partial charge < -0.3 is 44.0 Å². The summed E-state index contributed by atoms with van der Waals surface area (Å²) in [4.78, 5) is 64.7. The average Bonchev–Trinajstić information content (AvgIpc) is 1.41. The van der Waals surface area contributed by atoms with Crippen molar-refractivity contribution >= 4 is 23.5 Å². The van der Waals surface area contributed by atoms with E-state index in [1.165, 1.54) is 0 Å². The fourth-order valence-corrected chi connectivity index (χ4v) is 0. The Kier molecular flexibility index (Phi) is 16.7. The topological polar surface area (TPSA) is 233 Å². The fourth-order valence-electron chi connectivity index (χ4n) is 0. The van der Waals surface area contributed by atoms with Crippen LogP contribution in [-0.2, 0) is 13.7 Å². The molecule has 0 aromatic heterocycles. The zero-order chi connectivity index (χ0) is 13.5. The smallest absolute Gasteiger partial charge is 0.303 e. The Bertz CT molecular complexity index is 202. The Morgan fingerprint density at radius 3 is 0.438 bits per heavy atom. The van der Waals surface area contributed by atoms with E-state index in [-0.39, 0.29) is 29.6 Å². The molecular formula is H9NaO12P3+. The molecule has 0 saturated carbocycles. The van der Waals surface area contributed by atoms with E-state index < -0.39 is 23.5 Å². The van der Waals surface area contributed by atoms with Crippen molar-refractivity contribution in [1.29, 1.82) is 0 Å². The van der Waals surface area contributed by atoms with Crippen molar-refractivity contribution in [1.82, 2.24) is 0 Å². The molecule has 0 aliphatic carbocycles. The summed E-state index contributed by atoms with van der Waals surface area (Å²) in [7, 11) is -13.9. The molecule has 0 saturated heterocycles. The van der Waals surface area contributed by atoms with E-state index >= 15 is 0 Å². The minimum absolute atomic E-state index is 0. The van der Waals surface area contributed by atoms with Crippen LogP contribution in [0.4, 0.5) is 0 Å².